The van der Waals surface area contributed by atoms with E-state index in [9.17, 15) is 4.79 Å². The lowest BCUT2D eigenvalue weighted by Crippen LogP contribution is -2.24. The molecule has 3 nitrogen and oxygen atoms in total. The summed E-state index contributed by atoms with van der Waals surface area (Å²) in [5.41, 5.74) is 1.83. The smallest absolute Gasteiger partial charge is 0.269 e. The highest BCUT2D eigenvalue weighted by Gasteiger charge is 2.11. The van der Waals surface area contributed by atoms with E-state index < -0.39 is 0 Å². The third kappa shape index (κ3) is 1.35. The average Bonchev–Trinajstić information content (AvgIpc) is 2.32. The Kier molecular flexibility index (Phi) is 2.22. The molecule has 0 radical (unpaired) electrons. The van der Waals surface area contributed by atoms with Crippen LogP contribution in [0.2, 0.25) is 0 Å². The van der Waals surface area contributed by atoms with Crippen molar-refractivity contribution in [1.82, 2.24) is 9.47 Å². The van der Waals surface area contributed by atoms with E-state index >= 15 is 0 Å². The Bertz CT molecular complexity index is 299. The lowest BCUT2D eigenvalue weighted by molar-refractivity contribution is 0.0818. The molecule has 1 rings (SSSR count). The van der Waals surface area contributed by atoms with E-state index in [1.54, 1.807) is 19.0 Å². The number of aryl methyl sites for hydroxylation is 1. The van der Waals surface area contributed by atoms with Crippen LogP contribution in [-0.2, 0) is 7.05 Å². The van der Waals surface area contributed by atoms with Crippen molar-refractivity contribution < 1.29 is 4.79 Å². The highest BCUT2D eigenvalue weighted by atomic mass is 16.2. The Morgan fingerprint density at radius 1 is 1.42 bits per heavy atom. The zero-order valence-corrected chi connectivity index (χ0v) is 7.96. The monoisotopic (exact) mass is 166 g/mol. The molecule has 0 aliphatic heterocycles. The van der Waals surface area contributed by atoms with Crippen LogP contribution in [0.15, 0.2) is 12.1 Å². The molecule has 0 atom stereocenters. The van der Waals surface area contributed by atoms with Gasteiger partial charge in [-0.15, -0.1) is 0 Å². The van der Waals surface area contributed by atoms with Crippen molar-refractivity contribution in [3.63, 3.8) is 0 Å². The Morgan fingerprint density at radius 2 is 2.00 bits per heavy atom. The van der Waals surface area contributed by atoms with Crippen LogP contribution in [0.25, 0.3) is 0 Å². The molecule has 0 aliphatic rings. The van der Waals surface area contributed by atoms with Gasteiger partial charge in [0.15, 0.2) is 0 Å². The van der Waals surface area contributed by atoms with Crippen LogP contribution in [0.1, 0.15) is 16.2 Å². The summed E-state index contributed by atoms with van der Waals surface area (Å²) >= 11 is 0. The molecule has 1 amide bonds. The van der Waals surface area contributed by atoms with E-state index in [0.29, 0.717) is 0 Å². The fraction of sp³-hybridized carbons (Fsp3) is 0.444. The van der Waals surface area contributed by atoms with Crippen molar-refractivity contribution in [3.05, 3.63) is 23.5 Å². The Labute approximate surface area is 72.6 Å². The summed E-state index contributed by atoms with van der Waals surface area (Å²) in [6.45, 7) is 1.98. The molecule has 1 aromatic heterocycles. The largest absolute Gasteiger partial charge is 0.344 e. The van der Waals surface area contributed by atoms with Crippen LogP contribution < -0.4 is 0 Å². The van der Waals surface area contributed by atoms with Gasteiger partial charge in [0.25, 0.3) is 5.91 Å². The van der Waals surface area contributed by atoms with Gasteiger partial charge in [0.2, 0.25) is 0 Å². The topological polar surface area (TPSA) is 25.2 Å². The Hall–Kier alpha value is -1.25. The van der Waals surface area contributed by atoms with Gasteiger partial charge in [0.05, 0.1) is 0 Å². The molecule has 0 fully saturated rings. The van der Waals surface area contributed by atoms with Crippen LogP contribution in [0.4, 0.5) is 0 Å². The third-order valence-electron chi connectivity index (χ3n) is 2.00. The van der Waals surface area contributed by atoms with Gasteiger partial charge >= 0.3 is 0 Å². The van der Waals surface area contributed by atoms with Crippen molar-refractivity contribution in [2.75, 3.05) is 14.1 Å². The first-order valence-corrected chi connectivity index (χ1v) is 3.88. The Morgan fingerprint density at radius 3 is 2.33 bits per heavy atom. The zero-order chi connectivity index (χ0) is 9.30. The maximum absolute atomic E-state index is 11.5. The molecule has 0 saturated carbocycles. The fourth-order valence-corrected chi connectivity index (χ4v) is 1.06. The second kappa shape index (κ2) is 3.01. The average molecular weight is 166 g/mol. The predicted octanol–water partition coefficient (Wildman–Crippen LogP) is 1.04. The van der Waals surface area contributed by atoms with Crippen LogP contribution in [0.3, 0.4) is 0 Å². The van der Waals surface area contributed by atoms with Gasteiger partial charge in [-0.3, -0.25) is 4.79 Å². The van der Waals surface area contributed by atoms with E-state index in [1.165, 1.54) is 0 Å². The van der Waals surface area contributed by atoms with Gasteiger partial charge < -0.3 is 9.47 Å². The van der Waals surface area contributed by atoms with Gasteiger partial charge in [-0.2, -0.15) is 0 Å². The normalized spacial score (nSPS) is 10.0. The Balaban J connectivity index is 3.04. The standard InChI is InChI=1S/C9H14N2O/c1-7-5-6-8(11(7)4)9(12)10(2)3/h5-6H,1-4H3. The minimum Gasteiger partial charge on any atom is -0.344 e. The molecular weight excluding hydrogens is 152 g/mol. The quantitative estimate of drug-likeness (QED) is 0.612. The van der Waals surface area contributed by atoms with Crippen LogP contribution >= 0.6 is 0 Å². The van der Waals surface area contributed by atoms with Gasteiger partial charge in [-0.05, 0) is 19.1 Å². The molecule has 12 heavy (non-hydrogen) atoms. The summed E-state index contributed by atoms with van der Waals surface area (Å²) in [6, 6.07) is 3.79. The number of rotatable bonds is 1. The number of hydrogen-bond acceptors (Lipinski definition) is 1. The highest BCUT2D eigenvalue weighted by molar-refractivity contribution is 5.92. The summed E-state index contributed by atoms with van der Waals surface area (Å²) < 4.78 is 1.89. The number of hydrogen-bond donors (Lipinski definition) is 0. The fourth-order valence-electron chi connectivity index (χ4n) is 1.06. The molecule has 66 valence electrons. The van der Waals surface area contributed by atoms with Crippen LogP contribution in [-0.4, -0.2) is 29.5 Å². The van der Waals surface area contributed by atoms with Crippen molar-refractivity contribution in [1.29, 1.82) is 0 Å². The summed E-state index contributed by atoms with van der Waals surface area (Å²) in [4.78, 5) is 13.1. The van der Waals surface area contributed by atoms with E-state index in [-0.39, 0.29) is 5.91 Å². The maximum Gasteiger partial charge on any atom is 0.269 e. The van der Waals surface area contributed by atoms with E-state index in [1.807, 2.05) is 30.7 Å². The van der Waals surface area contributed by atoms with E-state index in [2.05, 4.69) is 0 Å². The maximum atomic E-state index is 11.5. The molecular formula is C9H14N2O. The molecule has 3 heteroatoms. The highest BCUT2D eigenvalue weighted by Crippen LogP contribution is 2.07. The number of aromatic nitrogens is 1. The van der Waals surface area contributed by atoms with Crippen molar-refractivity contribution in [3.8, 4) is 0 Å². The number of amides is 1. The molecule has 0 aromatic carbocycles. The van der Waals surface area contributed by atoms with Crippen LogP contribution in [0, 0.1) is 6.92 Å². The van der Waals surface area contributed by atoms with Gasteiger partial charge in [0, 0.05) is 26.8 Å². The second-order valence-corrected chi connectivity index (χ2v) is 3.12. The van der Waals surface area contributed by atoms with Gasteiger partial charge in [-0.1, -0.05) is 0 Å². The molecule has 1 aromatic rings. The summed E-state index contributed by atoms with van der Waals surface area (Å²) in [5, 5.41) is 0. The van der Waals surface area contributed by atoms with E-state index in [4.69, 9.17) is 0 Å². The predicted molar refractivity (Wildman–Crippen MR) is 48.2 cm³/mol. The first-order chi connectivity index (χ1) is 5.54. The molecule has 0 saturated heterocycles. The van der Waals surface area contributed by atoms with Crippen LogP contribution in [0.5, 0.6) is 0 Å². The summed E-state index contributed by atoms with van der Waals surface area (Å²) in [7, 11) is 5.40. The summed E-state index contributed by atoms with van der Waals surface area (Å²) in [5.74, 6) is 0.0469. The SMILES string of the molecule is Cc1ccc(C(=O)N(C)C)n1C. The van der Waals surface area contributed by atoms with Crippen molar-refractivity contribution >= 4 is 5.91 Å². The lowest BCUT2D eigenvalue weighted by atomic mass is 10.4. The second-order valence-electron chi connectivity index (χ2n) is 3.12. The first-order valence-electron chi connectivity index (χ1n) is 3.88. The van der Waals surface area contributed by atoms with E-state index in [0.717, 1.165) is 11.4 Å². The minimum absolute atomic E-state index is 0.0469. The number of carbonyl (C=O) groups is 1. The van der Waals surface area contributed by atoms with Gasteiger partial charge in [-0.25, -0.2) is 0 Å². The molecule has 0 N–H and O–H groups in total. The molecule has 0 spiro atoms. The molecule has 0 bridgehead atoms. The molecule has 0 unspecified atom stereocenters. The van der Waals surface area contributed by atoms with Crippen molar-refractivity contribution in [2.24, 2.45) is 7.05 Å². The van der Waals surface area contributed by atoms with Gasteiger partial charge in [0.1, 0.15) is 5.69 Å². The zero-order valence-electron chi connectivity index (χ0n) is 7.96. The molecule has 1 heterocycles. The minimum atomic E-state index is 0.0469. The molecule has 0 aliphatic carbocycles. The number of carbonyl (C=O) groups excluding carboxylic acids is 1. The summed E-state index contributed by atoms with van der Waals surface area (Å²) in [6.07, 6.45) is 0. The first kappa shape index (κ1) is 8.84. The van der Waals surface area contributed by atoms with Crippen molar-refractivity contribution in [2.45, 2.75) is 6.92 Å². The third-order valence-corrected chi connectivity index (χ3v) is 2.00. The number of nitrogens with zero attached hydrogens (tertiary/aromatic N) is 2. The lowest BCUT2D eigenvalue weighted by Gasteiger charge is -2.11.